The molecule has 0 fully saturated rings. The number of hydrogen-bond acceptors (Lipinski definition) is 2. The van der Waals surface area contributed by atoms with Crippen molar-refractivity contribution in [1.29, 1.82) is 0 Å². The average Bonchev–Trinajstić information content (AvgIpc) is 2.91. The Morgan fingerprint density at radius 1 is 0.639 bits per heavy atom. The second kappa shape index (κ2) is 12.6. The van der Waals surface area contributed by atoms with E-state index in [4.69, 9.17) is 0 Å². The van der Waals surface area contributed by atoms with Crippen LogP contribution in [0.1, 0.15) is 83.0 Å². The third kappa shape index (κ3) is 6.29. The van der Waals surface area contributed by atoms with Crippen molar-refractivity contribution in [3.05, 3.63) is 130 Å². The Hall–Kier alpha value is -3.26. The Labute approximate surface area is 217 Å². The molecule has 2 atom stereocenters. The van der Waals surface area contributed by atoms with E-state index in [1.54, 1.807) is 0 Å². The number of hydrogen-bond donors (Lipinski definition) is 0. The fourth-order valence-corrected chi connectivity index (χ4v) is 5.70. The van der Waals surface area contributed by atoms with Crippen LogP contribution in [0.25, 0.3) is 0 Å². The van der Waals surface area contributed by atoms with Gasteiger partial charge in [-0.15, -0.1) is 0 Å². The molecule has 186 valence electrons. The number of pyridine rings is 2. The van der Waals surface area contributed by atoms with E-state index < -0.39 is 0 Å². The number of nitrogens with zero attached hydrogens (tertiary/aromatic N) is 2. The number of aryl methyl sites for hydroxylation is 6. The summed E-state index contributed by atoms with van der Waals surface area (Å²) in [4.78, 5) is 8.87. The average molecular weight is 477 g/mol. The maximum absolute atomic E-state index is 4.49. The summed E-state index contributed by atoms with van der Waals surface area (Å²) < 4.78 is 0. The molecule has 0 N–H and O–H groups in total. The Balaban J connectivity index is 1.74. The lowest BCUT2D eigenvalue weighted by molar-refractivity contribution is 0.473. The van der Waals surface area contributed by atoms with Crippen LogP contribution in [0.5, 0.6) is 0 Å². The fraction of sp³-hybridized carbons (Fsp3) is 0.353. The highest BCUT2D eigenvalue weighted by Crippen LogP contribution is 2.41. The molecule has 2 heterocycles. The van der Waals surface area contributed by atoms with Crippen LogP contribution in [0.15, 0.2) is 85.5 Å². The first-order valence-corrected chi connectivity index (χ1v) is 13.6. The minimum atomic E-state index is 0.427. The second-order valence-corrected chi connectivity index (χ2v) is 10.1. The van der Waals surface area contributed by atoms with Gasteiger partial charge < -0.3 is 0 Å². The summed E-state index contributed by atoms with van der Waals surface area (Å²) in [6.07, 6.45) is 14.5. The summed E-state index contributed by atoms with van der Waals surface area (Å²) in [5.41, 5.74) is 11.3. The molecule has 0 aliphatic rings. The minimum Gasteiger partial charge on any atom is -0.264 e. The summed E-state index contributed by atoms with van der Waals surface area (Å²) in [5, 5.41) is 0. The van der Waals surface area contributed by atoms with Crippen molar-refractivity contribution in [2.75, 3.05) is 0 Å². The summed E-state index contributed by atoms with van der Waals surface area (Å²) in [6, 6.07) is 22.6. The first-order chi connectivity index (χ1) is 17.6. The largest absolute Gasteiger partial charge is 0.264 e. The predicted molar refractivity (Wildman–Crippen MR) is 152 cm³/mol. The molecule has 2 nitrogen and oxygen atoms in total. The van der Waals surface area contributed by atoms with Crippen molar-refractivity contribution in [3.63, 3.8) is 0 Å². The molecular formula is C34H40N2. The molecule has 0 saturated heterocycles. The molecule has 0 amide bonds. The van der Waals surface area contributed by atoms with E-state index in [0.717, 1.165) is 38.5 Å². The first kappa shape index (κ1) is 25.8. The third-order valence-electron chi connectivity index (χ3n) is 7.77. The van der Waals surface area contributed by atoms with Crippen molar-refractivity contribution < 1.29 is 0 Å². The SMILES string of the molecule is CCc1cnccc1CCC(c1cccc(C)c1)C(CCc1ccccc1C)c1ccncc1CC. The van der Waals surface area contributed by atoms with Crippen molar-refractivity contribution in [2.45, 2.75) is 78.1 Å². The molecule has 2 heteroatoms. The molecule has 2 aromatic carbocycles. The molecule has 2 unspecified atom stereocenters. The van der Waals surface area contributed by atoms with Crippen LogP contribution in [0, 0.1) is 13.8 Å². The molecule has 0 spiro atoms. The van der Waals surface area contributed by atoms with E-state index >= 15 is 0 Å². The Bertz CT molecular complexity index is 1260. The number of aromatic nitrogens is 2. The fourth-order valence-electron chi connectivity index (χ4n) is 5.70. The molecule has 0 saturated carbocycles. The van der Waals surface area contributed by atoms with E-state index in [1.807, 2.05) is 18.6 Å². The maximum atomic E-state index is 4.49. The smallest absolute Gasteiger partial charge is 0.0302 e. The molecule has 0 aliphatic heterocycles. The summed E-state index contributed by atoms with van der Waals surface area (Å²) in [6.45, 7) is 8.94. The molecular weight excluding hydrogens is 436 g/mol. The lowest BCUT2D eigenvalue weighted by Gasteiger charge is -2.31. The van der Waals surface area contributed by atoms with Crippen molar-refractivity contribution >= 4 is 0 Å². The van der Waals surface area contributed by atoms with Gasteiger partial charge in [0.15, 0.2) is 0 Å². The summed E-state index contributed by atoms with van der Waals surface area (Å²) in [7, 11) is 0. The monoisotopic (exact) mass is 476 g/mol. The Morgan fingerprint density at radius 2 is 1.33 bits per heavy atom. The number of benzene rings is 2. The van der Waals surface area contributed by atoms with Gasteiger partial charge in [0.1, 0.15) is 0 Å². The van der Waals surface area contributed by atoms with Gasteiger partial charge in [-0.1, -0.05) is 67.9 Å². The third-order valence-corrected chi connectivity index (χ3v) is 7.77. The van der Waals surface area contributed by atoms with Gasteiger partial charge in [0.2, 0.25) is 0 Å². The predicted octanol–water partition coefficient (Wildman–Crippen LogP) is 8.35. The number of rotatable bonds is 11. The van der Waals surface area contributed by atoms with E-state index in [1.165, 1.54) is 44.5 Å². The van der Waals surface area contributed by atoms with Crippen LogP contribution in [0.2, 0.25) is 0 Å². The van der Waals surface area contributed by atoms with Crippen LogP contribution in [0.3, 0.4) is 0 Å². The van der Waals surface area contributed by atoms with Crippen molar-refractivity contribution in [3.8, 4) is 0 Å². The lowest BCUT2D eigenvalue weighted by Crippen LogP contribution is -2.16. The van der Waals surface area contributed by atoms with Crippen LogP contribution in [0.4, 0.5) is 0 Å². The van der Waals surface area contributed by atoms with Crippen molar-refractivity contribution in [2.24, 2.45) is 0 Å². The van der Waals surface area contributed by atoms with Crippen LogP contribution in [-0.4, -0.2) is 9.97 Å². The Morgan fingerprint density at radius 3 is 2.08 bits per heavy atom. The van der Waals surface area contributed by atoms with Gasteiger partial charge in [-0.3, -0.25) is 9.97 Å². The van der Waals surface area contributed by atoms with Crippen LogP contribution >= 0.6 is 0 Å². The van der Waals surface area contributed by atoms with Crippen LogP contribution < -0.4 is 0 Å². The van der Waals surface area contributed by atoms with Gasteiger partial charge in [0.05, 0.1) is 0 Å². The molecule has 2 aromatic heterocycles. The normalized spacial score (nSPS) is 12.9. The highest BCUT2D eigenvalue weighted by Gasteiger charge is 2.27. The standard InChI is InChI=1S/C34H40N2/c1-5-27-23-35-20-18-30(27)15-16-32(31-13-9-10-25(3)22-31)34(33-19-21-36-24-28(33)6-2)17-14-29-12-8-7-11-26(29)4/h7-13,18-24,32,34H,5-6,14-17H2,1-4H3. The van der Waals surface area contributed by atoms with Gasteiger partial charge >= 0.3 is 0 Å². The highest BCUT2D eigenvalue weighted by molar-refractivity contribution is 5.36. The topological polar surface area (TPSA) is 25.8 Å². The minimum absolute atomic E-state index is 0.427. The molecule has 36 heavy (non-hydrogen) atoms. The van der Waals surface area contributed by atoms with Gasteiger partial charge in [0, 0.05) is 24.8 Å². The van der Waals surface area contributed by atoms with E-state index in [0.29, 0.717) is 11.8 Å². The van der Waals surface area contributed by atoms with E-state index in [9.17, 15) is 0 Å². The van der Waals surface area contributed by atoms with Gasteiger partial charge in [-0.05, 0) is 115 Å². The van der Waals surface area contributed by atoms with Crippen molar-refractivity contribution in [1.82, 2.24) is 9.97 Å². The lowest BCUT2D eigenvalue weighted by atomic mass is 9.74. The highest BCUT2D eigenvalue weighted by atomic mass is 14.6. The molecule has 0 aliphatic carbocycles. The molecule has 0 radical (unpaired) electrons. The van der Waals surface area contributed by atoms with E-state index in [2.05, 4.69) is 105 Å². The Kier molecular flexibility index (Phi) is 9.06. The first-order valence-electron chi connectivity index (χ1n) is 13.6. The van der Waals surface area contributed by atoms with Crippen LogP contribution in [-0.2, 0) is 25.7 Å². The molecule has 4 aromatic rings. The zero-order valence-corrected chi connectivity index (χ0v) is 22.4. The quantitative estimate of drug-likeness (QED) is 0.217. The second-order valence-electron chi connectivity index (χ2n) is 10.1. The summed E-state index contributed by atoms with van der Waals surface area (Å²) in [5.74, 6) is 0.857. The van der Waals surface area contributed by atoms with E-state index in [-0.39, 0.29) is 0 Å². The maximum Gasteiger partial charge on any atom is 0.0302 e. The van der Waals surface area contributed by atoms with Gasteiger partial charge in [-0.25, -0.2) is 0 Å². The zero-order chi connectivity index (χ0) is 25.3. The zero-order valence-electron chi connectivity index (χ0n) is 22.4. The summed E-state index contributed by atoms with van der Waals surface area (Å²) >= 11 is 0. The molecule has 0 bridgehead atoms. The molecule has 4 rings (SSSR count). The van der Waals surface area contributed by atoms with Gasteiger partial charge in [-0.2, -0.15) is 0 Å². The van der Waals surface area contributed by atoms with Gasteiger partial charge in [0.25, 0.3) is 0 Å².